The minimum absolute atomic E-state index is 0.0498. The monoisotopic (exact) mass is 497 g/mol. The lowest BCUT2D eigenvalue weighted by Gasteiger charge is -2.15. The van der Waals surface area contributed by atoms with E-state index in [0.717, 1.165) is 9.91 Å². The van der Waals surface area contributed by atoms with E-state index in [1.807, 2.05) is 0 Å². The van der Waals surface area contributed by atoms with Crippen molar-refractivity contribution in [2.75, 3.05) is 16.5 Å². The highest BCUT2D eigenvalue weighted by Gasteiger charge is 2.41. The summed E-state index contributed by atoms with van der Waals surface area (Å²) in [6, 6.07) is 7.50. The first kappa shape index (κ1) is 21.8. The second-order valence-electron chi connectivity index (χ2n) is 6.82. The summed E-state index contributed by atoms with van der Waals surface area (Å²) < 4.78 is 1.34. The van der Waals surface area contributed by atoms with Crippen LogP contribution >= 0.6 is 46.4 Å². The van der Waals surface area contributed by atoms with Gasteiger partial charge in [-0.05, 0) is 24.3 Å². The predicted molar refractivity (Wildman–Crippen MR) is 118 cm³/mol. The van der Waals surface area contributed by atoms with Crippen molar-refractivity contribution in [2.24, 2.45) is 11.1 Å². The standard InChI is InChI=1S/C20H13Cl4N4O3/c1-2-10-5-17(29)27(20(10)31)12-3-4-13(22)16(8-12)26-9-18(30)28(25-26)19-14(23)6-11(21)7-15(19)24/h2-4,6-8,10H,1,5,9H2/q+1. The summed E-state index contributed by atoms with van der Waals surface area (Å²) in [5.74, 6) is -1.70. The zero-order valence-electron chi connectivity index (χ0n) is 15.7. The highest BCUT2D eigenvalue weighted by Crippen LogP contribution is 2.40. The summed E-state index contributed by atoms with van der Waals surface area (Å²) in [5.41, 5.74) is 0.840. The normalized spacial score (nSPS) is 18.8. The van der Waals surface area contributed by atoms with E-state index in [2.05, 4.69) is 11.8 Å². The van der Waals surface area contributed by atoms with Crippen LogP contribution in [-0.2, 0) is 14.4 Å². The van der Waals surface area contributed by atoms with Gasteiger partial charge in [-0.1, -0.05) is 57.5 Å². The number of imide groups is 1. The number of hydrogen-bond acceptors (Lipinski definition) is 4. The lowest BCUT2D eigenvalue weighted by Crippen LogP contribution is -2.30. The van der Waals surface area contributed by atoms with Crippen LogP contribution in [0.15, 0.2) is 48.2 Å². The number of rotatable bonds is 4. The summed E-state index contributed by atoms with van der Waals surface area (Å²) in [4.78, 5) is 38.6. The molecule has 0 N–H and O–H groups in total. The van der Waals surface area contributed by atoms with E-state index in [-0.39, 0.29) is 45.5 Å². The highest BCUT2D eigenvalue weighted by molar-refractivity contribution is 6.42. The zero-order chi connectivity index (χ0) is 22.4. The van der Waals surface area contributed by atoms with Gasteiger partial charge >= 0.3 is 5.91 Å². The molecule has 1 unspecified atom stereocenters. The number of carbonyl (C=O) groups is 3. The Balaban J connectivity index is 1.74. The van der Waals surface area contributed by atoms with Crippen LogP contribution in [0, 0.1) is 5.92 Å². The lowest BCUT2D eigenvalue weighted by molar-refractivity contribution is -0.491. The van der Waals surface area contributed by atoms with Crippen molar-refractivity contribution < 1.29 is 19.1 Å². The average molecular weight is 499 g/mol. The van der Waals surface area contributed by atoms with Crippen LogP contribution in [-0.4, -0.2) is 29.0 Å². The molecule has 7 nitrogen and oxygen atoms in total. The topological polar surface area (TPSA) is 73.1 Å². The molecular weight excluding hydrogens is 486 g/mol. The Morgan fingerprint density at radius 1 is 1.00 bits per heavy atom. The Morgan fingerprint density at radius 3 is 2.29 bits per heavy atom. The number of amides is 3. The van der Waals surface area contributed by atoms with Crippen molar-refractivity contribution in [1.29, 1.82) is 0 Å². The molecule has 2 aromatic carbocycles. The van der Waals surface area contributed by atoms with Crippen molar-refractivity contribution in [3.05, 3.63) is 63.1 Å². The minimum Gasteiger partial charge on any atom is -0.274 e. The van der Waals surface area contributed by atoms with E-state index >= 15 is 0 Å². The summed E-state index contributed by atoms with van der Waals surface area (Å²) in [5, 5.41) is 6.23. The van der Waals surface area contributed by atoms with Gasteiger partial charge in [0, 0.05) is 17.5 Å². The first-order chi connectivity index (χ1) is 14.7. The maximum absolute atomic E-state index is 12.7. The van der Waals surface area contributed by atoms with Gasteiger partial charge in [-0.25, -0.2) is 9.69 Å². The van der Waals surface area contributed by atoms with Crippen LogP contribution in [0.5, 0.6) is 0 Å². The van der Waals surface area contributed by atoms with Gasteiger partial charge in [0.2, 0.25) is 18.4 Å². The Morgan fingerprint density at radius 2 is 1.68 bits per heavy atom. The van der Waals surface area contributed by atoms with Crippen molar-refractivity contribution in [3.63, 3.8) is 0 Å². The maximum Gasteiger partial charge on any atom is 0.379 e. The second kappa shape index (κ2) is 8.24. The summed E-state index contributed by atoms with van der Waals surface area (Å²) in [6.45, 7) is 3.44. The first-order valence-corrected chi connectivity index (χ1v) is 10.5. The third-order valence-corrected chi connectivity index (χ3v) is 5.96. The van der Waals surface area contributed by atoms with Crippen molar-refractivity contribution >= 4 is 81.2 Å². The smallest absolute Gasteiger partial charge is 0.274 e. The van der Waals surface area contributed by atoms with Crippen LogP contribution in [0.2, 0.25) is 20.1 Å². The number of nitrogens with zero attached hydrogens (tertiary/aromatic N) is 4. The molecule has 4 rings (SSSR count). The van der Waals surface area contributed by atoms with Gasteiger partial charge in [0.1, 0.15) is 5.22 Å². The van der Waals surface area contributed by atoms with Crippen molar-refractivity contribution in [3.8, 4) is 0 Å². The van der Waals surface area contributed by atoms with Gasteiger partial charge in [-0.2, -0.15) is 0 Å². The van der Waals surface area contributed by atoms with Crippen molar-refractivity contribution in [1.82, 2.24) is 0 Å². The summed E-state index contributed by atoms with van der Waals surface area (Å²) in [7, 11) is 0. The summed E-state index contributed by atoms with van der Waals surface area (Å²) in [6.07, 6.45) is 1.50. The Kier molecular flexibility index (Phi) is 5.79. The van der Waals surface area contributed by atoms with E-state index in [4.69, 9.17) is 46.4 Å². The molecular formula is C20H13Cl4N4O3+. The Bertz CT molecular complexity index is 1170. The molecule has 2 aliphatic rings. The van der Waals surface area contributed by atoms with Gasteiger partial charge in [0.15, 0.2) is 11.4 Å². The summed E-state index contributed by atoms with van der Waals surface area (Å²) >= 11 is 24.7. The molecule has 2 aliphatic heterocycles. The molecule has 1 atom stereocenters. The van der Waals surface area contributed by atoms with Crippen LogP contribution in [0.3, 0.4) is 0 Å². The molecule has 0 bridgehead atoms. The molecule has 1 saturated heterocycles. The maximum atomic E-state index is 12.7. The molecule has 3 amide bonds. The molecule has 1 fully saturated rings. The van der Waals surface area contributed by atoms with Crippen LogP contribution in [0.1, 0.15) is 6.42 Å². The Hall–Kier alpha value is -2.45. The molecule has 0 saturated carbocycles. The number of carbonyl (C=O) groups excluding carboxylic acids is 3. The van der Waals surface area contributed by atoms with E-state index in [9.17, 15) is 14.4 Å². The molecule has 158 valence electrons. The third kappa shape index (κ3) is 3.83. The quantitative estimate of drug-likeness (QED) is 0.320. The molecule has 31 heavy (non-hydrogen) atoms. The fourth-order valence-corrected chi connectivity index (χ4v) is 4.57. The molecule has 2 heterocycles. The van der Waals surface area contributed by atoms with Gasteiger partial charge in [-0.3, -0.25) is 9.59 Å². The fourth-order valence-electron chi connectivity index (χ4n) is 3.37. The van der Waals surface area contributed by atoms with Gasteiger partial charge < -0.3 is 0 Å². The number of anilines is 2. The van der Waals surface area contributed by atoms with E-state index < -0.39 is 11.8 Å². The third-order valence-electron chi connectivity index (χ3n) is 4.84. The van der Waals surface area contributed by atoms with E-state index in [1.54, 1.807) is 6.07 Å². The average Bonchev–Trinajstić information content (AvgIpc) is 3.21. The predicted octanol–water partition coefficient (Wildman–Crippen LogP) is 5.42. The Labute approximate surface area is 197 Å². The van der Waals surface area contributed by atoms with Crippen LogP contribution in [0.4, 0.5) is 17.1 Å². The molecule has 0 radical (unpaired) electrons. The van der Waals surface area contributed by atoms with Crippen molar-refractivity contribution in [2.45, 2.75) is 6.42 Å². The molecule has 0 aliphatic carbocycles. The largest absolute Gasteiger partial charge is 0.379 e. The number of hydrogen-bond donors (Lipinski definition) is 0. The van der Waals surface area contributed by atoms with Gasteiger partial charge in [0.05, 0.1) is 26.7 Å². The minimum atomic E-state index is -0.575. The van der Waals surface area contributed by atoms with Crippen LogP contribution < -0.4 is 9.91 Å². The molecule has 0 spiro atoms. The molecule has 2 aromatic rings. The van der Waals surface area contributed by atoms with E-state index in [0.29, 0.717) is 16.4 Å². The number of benzene rings is 2. The van der Waals surface area contributed by atoms with Gasteiger partial charge in [-0.15, -0.1) is 11.3 Å². The molecule has 0 aromatic heterocycles. The fraction of sp³-hybridized carbons (Fsp3) is 0.150. The zero-order valence-corrected chi connectivity index (χ0v) is 18.7. The van der Waals surface area contributed by atoms with E-state index in [1.165, 1.54) is 35.0 Å². The number of halogens is 4. The molecule has 11 heteroatoms. The van der Waals surface area contributed by atoms with Crippen LogP contribution in [0.25, 0.3) is 0 Å². The highest BCUT2D eigenvalue weighted by atomic mass is 35.5. The van der Waals surface area contributed by atoms with Gasteiger partial charge in [0.25, 0.3) is 0 Å². The first-order valence-electron chi connectivity index (χ1n) is 8.96. The second-order valence-corrected chi connectivity index (χ2v) is 8.48. The lowest BCUT2D eigenvalue weighted by atomic mass is 10.1. The SMILES string of the molecule is C=CC1CC(=O)N(c2ccc(Cl)c([N+]3=NN(c4c(Cl)cc(Cl)cc4Cl)C(=O)C3)c2)C1=O.